The Morgan fingerprint density at radius 3 is 2.21 bits per heavy atom. The number of hydrogen-bond acceptors (Lipinski definition) is 6. The molecule has 244 valence electrons. The van der Waals surface area contributed by atoms with Gasteiger partial charge in [-0.15, -0.1) is 11.8 Å². The average molecular weight is 664 g/mol. The second kappa shape index (κ2) is 15.9. The summed E-state index contributed by atoms with van der Waals surface area (Å²) in [4.78, 5) is 40.2. The van der Waals surface area contributed by atoms with E-state index in [0.29, 0.717) is 39.6 Å². The van der Waals surface area contributed by atoms with Crippen LogP contribution in [-0.4, -0.2) is 37.2 Å². The predicted octanol–water partition coefficient (Wildman–Crippen LogP) is 7.64. The summed E-state index contributed by atoms with van der Waals surface area (Å²) in [5.74, 6) is -0.800. The van der Waals surface area contributed by atoms with E-state index < -0.39 is 34.7 Å². The molecule has 0 radical (unpaired) electrons. The van der Waals surface area contributed by atoms with E-state index in [1.807, 2.05) is 0 Å². The van der Waals surface area contributed by atoms with Gasteiger partial charge in [-0.3, -0.25) is 14.4 Å². The van der Waals surface area contributed by atoms with E-state index in [9.17, 15) is 27.6 Å². The largest absolute Gasteiger partial charge is 0.493 e. The maximum atomic E-state index is 13.6. The molecule has 4 rings (SSSR count). The van der Waals surface area contributed by atoms with Gasteiger partial charge in [-0.1, -0.05) is 49.4 Å². The van der Waals surface area contributed by atoms with Crippen LogP contribution in [-0.2, 0) is 15.8 Å². The molecule has 0 saturated heterocycles. The van der Waals surface area contributed by atoms with Crippen LogP contribution in [0.2, 0.25) is 0 Å². The molecule has 0 aliphatic heterocycles. The lowest BCUT2D eigenvalue weighted by Crippen LogP contribution is -2.30. The maximum absolute atomic E-state index is 13.6. The summed E-state index contributed by atoms with van der Waals surface area (Å²) in [7, 11) is 2.98. The summed E-state index contributed by atoms with van der Waals surface area (Å²) in [5, 5.41) is 7.13. The van der Waals surface area contributed by atoms with Crippen LogP contribution in [0.25, 0.3) is 6.08 Å². The molecule has 8 nitrogen and oxygen atoms in total. The molecule has 3 amide bonds. The van der Waals surface area contributed by atoms with E-state index in [0.717, 1.165) is 17.8 Å². The summed E-state index contributed by atoms with van der Waals surface area (Å²) in [6.07, 6.45) is -2.81. The normalized spacial score (nSPS) is 12.1. The highest BCUT2D eigenvalue weighted by molar-refractivity contribution is 8.00. The second-order valence-corrected chi connectivity index (χ2v) is 11.3. The van der Waals surface area contributed by atoms with Gasteiger partial charge in [0, 0.05) is 16.1 Å². The van der Waals surface area contributed by atoms with E-state index in [-0.39, 0.29) is 11.4 Å². The number of hydrogen-bond donors (Lipinski definition) is 3. The Hall–Kier alpha value is -5.23. The highest BCUT2D eigenvalue weighted by Gasteiger charge is 2.34. The number of halogens is 3. The van der Waals surface area contributed by atoms with Gasteiger partial charge in [-0.25, -0.2) is 0 Å². The SMILES string of the molecule is CCC(Sc1cccc(NC(=O)/C(=C\c2ccc(OC)c(OC)c2)NC(=O)c2ccccc2)c1)C(=O)Nc1ccccc1C(F)(F)F. The molecule has 12 heteroatoms. The van der Waals surface area contributed by atoms with Gasteiger partial charge in [0.25, 0.3) is 11.8 Å². The summed E-state index contributed by atoms with van der Waals surface area (Å²) in [5.41, 5.74) is -0.0539. The lowest BCUT2D eigenvalue weighted by molar-refractivity contribution is -0.137. The molecular weight excluding hydrogens is 631 g/mol. The fourth-order valence-corrected chi connectivity index (χ4v) is 5.45. The first-order chi connectivity index (χ1) is 22.5. The number of benzene rings is 4. The Balaban J connectivity index is 1.54. The van der Waals surface area contributed by atoms with Gasteiger partial charge in [-0.2, -0.15) is 13.2 Å². The number of rotatable bonds is 12. The highest BCUT2D eigenvalue weighted by atomic mass is 32.2. The van der Waals surface area contributed by atoms with Crippen LogP contribution in [0.15, 0.2) is 108 Å². The van der Waals surface area contributed by atoms with Gasteiger partial charge in [0.05, 0.1) is 30.7 Å². The average Bonchev–Trinajstić information content (AvgIpc) is 3.07. The number of carbonyl (C=O) groups excluding carboxylic acids is 3. The van der Waals surface area contributed by atoms with Crippen molar-refractivity contribution in [1.82, 2.24) is 5.32 Å². The van der Waals surface area contributed by atoms with Crippen LogP contribution in [0.5, 0.6) is 11.5 Å². The van der Waals surface area contributed by atoms with Crippen molar-refractivity contribution in [2.24, 2.45) is 0 Å². The first-order valence-corrected chi connectivity index (χ1v) is 15.3. The van der Waals surface area contributed by atoms with Crippen molar-refractivity contribution in [1.29, 1.82) is 0 Å². The van der Waals surface area contributed by atoms with Gasteiger partial charge in [0.1, 0.15) is 5.70 Å². The fourth-order valence-electron chi connectivity index (χ4n) is 4.44. The molecule has 0 fully saturated rings. The number of amides is 3. The molecule has 1 unspecified atom stereocenters. The molecule has 0 aliphatic carbocycles. The van der Waals surface area contributed by atoms with Crippen LogP contribution in [0, 0.1) is 0 Å². The monoisotopic (exact) mass is 663 g/mol. The summed E-state index contributed by atoms with van der Waals surface area (Å²) < 4.78 is 51.0. The van der Waals surface area contributed by atoms with Gasteiger partial charge < -0.3 is 25.4 Å². The molecule has 4 aromatic rings. The van der Waals surface area contributed by atoms with Crippen molar-refractivity contribution in [3.63, 3.8) is 0 Å². The number of anilines is 2. The zero-order valence-electron chi connectivity index (χ0n) is 25.7. The molecule has 3 N–H and O–H groups in total. The smallest absolute Gasteiger partial charge is 0.418 e. The molecule has 0 heterocycles. The van der Waals surface area contributed by atoms with Crippen LogP contribution >= 0.6 is 11.8 Å². The molecule has 0 saturated carbocycles. The Bertz CT molecular complexity index is 1760. The van der Waals surface area contributed by atoms with Crippen molar-refractivity contribution >= 4 is 46.9 Å². The Labute approximate surface area is 274 Å². The molecule has 0 aliphatic rings. The van der Waals surface area contributed by atoms with Crippen molar-refractivity contribution in [3.05, 3.63) is 119 Å². The summed E-state index contributed by atoms with van der Waals surface area (Å²) in [6.45, 7) is 1.75. The molecule has 1 atom stereocenters. The van der Waals surface area contributed by atoms with Crippen molar-refractivity contribution in [2.45, 2.75) is 29.7 Å². The quantitative estimate of drug-likeness (QED) is 0.106. The second-order valence-electron chi connectivity index (χ2n) is 10.0. The predicted molar refractivity (Wildman–Crippen MR) is 177 cm³/mol. The third-order valence-electron chi connectivity index (χ3n) is 6.77. The Kier molecular flexibility index (Phi) is 11.7. The third-order valence-corrected chi connectivity index (χ3v) is 8.13. The van der Waals surface area contributed by atoms with Crippen molar-refractivity contribution in [3.8, 4) is 11.5 Å². The first-order valence-electron chi connectivity index (χ1n) is 14.4. The zero-order valence-corrected chi connectivity index (χ0v) is 26.5. The van der Waals surface area contributed by atoms with Crippen LogP contribution in [0.3, 0.4) is 0 Å². The van der Waals surface area contributed by atoms with Crippen molar-refractivity contribution in [2.75, 3.05) is 24.9 Å². The van der Waals surface area contributed by atoms with Crippen LogP contribution in [0.1, 0.15) is 34.8 Å². The van der Waals surface area contributed by atoms with E-state index in [1.165, 1.54) is 38.5 Å². The van der Waals surface area contributed by atoms with E-state index in [4.69, 9.17) is 9.47 Å². The molecule has 0 spiro atoms. The molecule has 4 aromatic carbocycles. The van der Waals surface area contributed by atoms with Crippen molar-refractivity contribution < 1.29 is 37.0 Å². The van der Waals surface area contributed by atoms with E-state index in [1.54, 1.807) is 79.7 Å². The van der Waals surface area contributed by atoms with Crippen LogP contribution in [0.4, 0.5) is 24.5 Å². The molecular formula is C35H32F3N3O5S. The number of thioether (sulfide) groups is 1. The molecule has 47 heavy (non-hydrogen) atoms. The number of alkyl halides is 3. The number of ether oxygens (including phenoxy) is 2. The minimum Gasteiger partial charge on any atom is -0.493 e. The highest BCUT2D eigenvalue weighted by Crippen LogP contribution is 2.36. The molecule has 0 aromatic heterocycles. The standard InChI is InChI=1S/C35H32F3N3O5S/c1-4-31(34(44)40-27-16-9-8-15-26(27)35(36,37)38)47-25-14-10-13-24(21-25)39-33(43)28(41-32(42)23-11-6-5-7-12-23)19-22-17-18-29(45-2)30(20-22)46-3/h5-21,31H,4H2,1-3H3,(H,39,43)(H,40,44)(H,41,42)/b28-19+. The van der Waals surface area contributed by atoms with E-state index in [2.05, 4.69) is 16.0 Å². The molecule has 0 bridgehead atoms. The summed E-state index contributed by atoms with van der Waals surface area (Å²) >= 11 is 1.14. The van der Waals surface area contributed by atoms with Gasteiger partial charge in [0.15, 0.2) is 11.5 Å². The van der Waals surface area contributed by atoms with Gasteiger partial charge in [0.2, 0.25) is 5.91 Å². The van der Waals surface area contributed by atoms with Gasteiger partial charge in [-0.05, 0) is 72.7 Å². The maximum Gasteiger partial charge on any atom is 0.418 e. The zero-order chi connectivity index (χ0) is 34.0. The topological polar surface area (TPSA) is 106 Å². The lowest BCUT2D eigenvalue weighted by atomic mass is 10.1. The first kappa shape index (κ1) is 34.6. The number of para-hydroxylation sites is 1. The number of carbonyl (C=O) groups is 3. The Morgan fingerprint density at radius 1 is 0.830 bits per heavy atom. The third kappa shape index (κ3) is 9.39. The van der Waals surface area contributed by atoms with Crippen LogP contribution < -0.4 is 25.4 Å². The minimum atomic E-state index is -4.63. The van der Waals surface area contributed by atoms with E-state index >= 15 is 0 Å². The minimum absolute atomic E-state index is 0.0572. The van der Waals surface area contributed by atoms with Gasteiger partial charge >= 0.3 is 6.18 Å². The Morgan fingerprint density at radius 2 is 1.53 bits per heavy atom. The number of methoxy groups -OCH3 is 2. The fraction of sp³-hybridized carbons (Fsp3) is 0.171. The number of nitrogens with one attached hydrogen (secondary N) is 3. The lowest BCUT2D eigenvalue weighted by Gasteiger charge is -2.18. The summed E-state index contributed by atoms with van der Waals surface area (Å²) in [6, 6.07) is 24.9.